The van der Waals surface area contributed by atoms with Crippen LogP contribution in [-0.4, -0.2) is 34.5 Å². The molecule has 0 saturated heterocycles. The molecule has 0 aliphatic carbocycles. The predicted molar refractivity (Wildman–Crippen MR) is 104 cm³/mol. The van der Waals surface area contributed by atoms with Crippen LogP contribution in [0.3, 0.4) is 0 Å². The van der Waals surface area contributed by atoms with Gasteiger partial charge in [-0.2, -0.15) is 5.10 Å². The Bertz CT molecular complexity index is 771. The smallest absolute Gasteiger partial charge is 0.0988 e. The fraction of sp³-hybridized carbons (Fsp3) is 0.333. The summed E-state index contributed by atoms with van der Waals surface area (Å²) >= 11 is 0. The van der Waals surface area contributed by atoms with Crippen molar-refractivity contribution in [3.8, 4) is 16.9 Å². The molecule has 0 atom stereocenters. The Hall–Kier alpha value is -2.50. The zero-order chi connectivity index (χ0) is 18.0. The van der Waals surface area contributed by atoms with Crippen molar-refractivity contribution in [1.82, 2.24) is 20.1 Å². The molecule has 0 aliphatic rings. The van der Waals surface area contributed by atoms with Gasteiger partial charge in [0.05, 0.1) is 18.0 Å². The van der Waals surface area contributed by atoms with E-state index in [0.717, 1.165) is 55.2 Å². The molecule has 0 radical (unpaired) electrons. The summed E-state index contributed by atoms with van der Waals surface area (Å²) in [6, 6.07) is 14.1. The standard InChI is InChI=1S/C21H26N4O/c1-2-3-13-26-14-12-23-16-19-17-25(20-9-5-4-6-10-20)24-21(19)18-8-7-11-22-15-18/h4-11,15,17,23H,2-3,12-14,16H2,1H3. The van der Waals surface area contributed by atoms with E-state index in [1.54, 1.807) is 6.20 Å². The number of unbranched alkanes of at least 4 members (excludes halogenated alkanes) is 1. The molecule has 0 aliphatic heterocycles. The summed E-state index contributed by atoms with van der Waals surface area (Å²) in [4.78, 5) is 4.23. The number of hydrogen-bond acceptors (Lipinski definition) is 4. The number of hydrogen-bond donors (Lipinski definition) is 1. The van der Waals surface area contributed by atoms with E-state index in [2.05, 4.69) is 35.6 Å². The highest BCUT2D eigenvalue weighted by Gasteiger charge is 2.12. The van der Waals surface area contributed by atoms with E-state index < -0.39 is 0 Å². The molecule has 2 heterocycles. The second-order valence-electron chi connectivity index (χ2n) is 6.17. The Morgan fingerprint density at radius 2 is 1.96 bits per heavy atom. The van der Waals surface area contributed by atoms with Gasteiger partial charge in [0.2, 0.25) is 0 Å². The van der Waals surface area contributed by atoms with Crippen LogP contribution in [0, 0.1) is 0 Å². The van der Waals surface area contributed by atoms with E-state index >= 15 is 0 Å². The number of rotatable bonds is 10. The topological polar surface area (TPSA) is 52.0 Å². The Balaban J connectivity index is 1.70. The van der Waals surface area contributed by atoms with Crippen LogP contribution in [0.15, 0.2) is 61.1 Å². The first-order valence-electron chi connectivity index (χ1n) is 9.21. The molecule has 3 aromatic rings. The second kappa shape index (κ2) is 9.85. The zero-order valence-corrected chi connectivity index (χ0v) is 15.3. The first-order valence-corrected chi connectivity index (χ1v) is 9.21. The van der Waals surface area contributed by atoms with Crippen molar-refractivity contribution in [2.45, 2.75) is 26.3 Å². The van der Waals surface area contributed by atoms with Crippen molar-refractivity contribution in [2.75, 3.05) is 19.8 Å². The summed E-state index contributed by atoms with van der Waals surface area (Å²) in [5.41, 5.74) is 4.18. The molecule has 3 rings (SSSR count). The van der Waals surface area contributed by atoms with Gasteiger partial charge >= 0.3 is 0 Å². The summed E-state index contributed by atoms with van der Waals surface area (Å²) in [6.45, 7) is 5.31. The summed E-state index contributed by atoms with van der Waals surface area (Å²) in [5, 5.41) is 8.25. The highest BCUT2D eigenvalue weighted by Crippen LogP contribution is 2.22. The molecule has 5 heteroatoms. The first kappa shape index (κ1) is 18.3. The van der Waals surface area contributed by atoms with Crippen molar-refractivity contribution in [3.63, 3.8) is 0 Å². The highest BCUT2D eigenvalue weighted by molar-refractivity contribution is 5.62. The number of ether oxygens (including phenoxy) is 1. The second-order valence-corrected chi connectivity index (χ2v) is 6.17. The number of nitrogens with zero attached hydrogens (tertiary/aromatic N) is 3. The fourth-order valence-corrected chi connectivity index (χ4v) is 2.71. The lowest BCUT2D eigenvalue weighted by atomic mass is 10.1. The minimum atomic E-state index is 0.731. The molecule has 0 saturated carbocycles. The van der Waals surface area contributed by atoms with Gasteiger partial charge in [-0.05, 0) is 30.7 Å². The van der Waals surface area contributed by atoms with Crippen LogP contribution in [0.4, 0.5) is 0 Å². The molecule has 0 fully saturated rings. The van der Waals surface area contributed by atoms with Crippen LogP contribution in [0.25, 0.3) is 16.9 Å². The van der Waals surface area contributed by atoms with Gasteiger partial charge in [0.15, 0.2) is 0 Å². The third-order valence-electron chi connectivity index (χ3n) is 4.13. The van der Waals surface area contributed by atoms with E-state index in [1.165, 1.54) is 6.42 Å². The SMILES string of the molecule is CCCCOCCNCc1cn(-c2ccccc2)nc1-c1cccnc1. The normalized spacial score (nSPS) is 11.0. The largest absolute Gasteiger partial charge is 0.380 e. The van der Waals surface area contributed by atoms with Crippen LogP contribution in [0.2, 0.25) is 0 Å². The van der Waals surface area contributed by atoms with Crippen molar-refractivity contribution in [2.24, 2.45) is 0 Å². The van der Waals surface area contributed by atoms with Gasteiger partial charge in [0.25, 0.3) is 0 Å². The van der Waals surface area contributed by atoms with Gasteiger partial charge in [-0.15, -0.1) is 0 Å². The first-order chi connectivity index (χ1) is 12.9. The average molecular weight is 350 g/mol. The molecule has 0 spiro atoms. The summed E-state index contributed by atoms with van der Waals surface area (Å²) < 4.78 is 7.54. The minimum absolute atomic E-state index is 0.731. The predicted octanol–water partition coefficient (Wildman–Crippen LogP) is 3.84. The van der Waals surface area contributed by atoms with Gasteiger partial charge in [0, 0.05) is 49.4 Å². The summed E-state index contributed by atoms with van der Waals surface area (Å²) in [7, 11) is 0. The van der Waals surface area contributed by atoms with Crippen LogP contribution in [0.1, 0.15) is 25.3 Å². The molecule has 0 amide bonds. The number of para-hydroxylation sites is 1. The maximum Gasteiger partial charge on any atom is 0.0988 e. The minimum Gasteiger partial charge on any atom is -0.380 e. The van der Waals surface area contributed by atoms with Gasteiger partial charge in [-0.25, -0.2) is 4.68 Å². The van der Waals surface area contributed by atoms with Gasteiger partial charge in [-0.3, -0.25) is 4.98 Å². The quantitative estimate of drug-likeness (QED) is 0.565. The lowest BCUT2D eigenvalue weighted by molar-refractivity contribution is 0.133. The number of pyridine rings is 1. The van der Waals surface area contributed by atoms with Gasteiger partial charge in [0.1, 0.15) is 0 Å². The lowest BCUT2D eigenvalue weighted by Crippen LogP contribution is -2.19. The number of nitrogens with one attached hydrogen (secondary N) is 1. The molecule has 1 N–H and O–H groups in total. The molecule has 136 valence electrons. The third-order valence-corrected chi connectivity index (χ3v) is 4.13. The molecule has 26 heavy (non-hydrogen) atoms. The number of benzene rings is 1. The molecule has 2 aromatic heterocycles. The van der Waals surface area contributed by atoms with Gasteiger partial charge in [-0.1, -0.05) is 31.5 Å². The monoisotopic (exact) mass is 350 g/mol. The third kappa shape index (κ3) is 5.00. The van der Waals surface area contributed by atoms with Crippen molar-refractivity contribution < 1.29 is 4.74 Å². The highest BCUT2D eigenvalue weighted by atomic mass is 16.5. The van der Waals surface area contributed by atoms with E-state index in [1.807, 2.05) is 41.2 Å². The Morgan fingerprint density at radius 1 is 1.08 bits per heavy atom. The maximum atomic E-state index is 5.61. The van der Waals surface area contributed by atoms with Gasteiger partial charge < -0.3 is 10.1 Å². The van der Waals surface area contributed by atoms with Crippen LogP contribution in [-0.2, 0) is 11.3 Å². The lowest BCUT2D eigenvalue weighted by Gasteiger charge is -2.06. The summed E-state index contributed by atoms with van der Waals surface area (Å²) in [5.74, 6) is 0. The van der Waals surface area contributed by atoms with Crippen LogP contribution in [0.5, 0.6) is 0 Å². The average Bonchev–Trinajstić information content (AvgIpc) is 3.13. The molecule has 0 unspecified atom stereocenters. The molecular weight excluding hydrogens is 324 g/mol. The van der Waals surface area contributed by atoms with Crippen LogP contribution < -0.4 is 5.32 Å². The van der Waals surface area contributed by atoms with E-state index in [0.29, 0.717) is 0 Å². The van der Waals surface area contributed by atoms with E-state index in [-0.39, 0.29) is 0 Å². The van der Waals surface area contributed by atoms with Crippen LogP contribution >= 0.6 is 0 Å². The Kier molecular flexibility index (Phi) is 6.93. The number of aromatic nitrogens is 3. The van der Waals surface area contributed by atoms with Crippen molar-refractivity contribution in [1.29, 1.82) is 0 Å². The summed E-state index contributed by atoms with van der Waals surface area (Å²) in [6.07, 6.45) is 8.01. The maximum absolute atomic E-state index is 5.61. The molecule has 5 nitrogen and oxygen atoms in total. The van der Waals surface area contributed by atoms with E-state index in [4.69, 9.17) is 9.84 Å². The van der Waals surface area contributed by atoms with E-state index in [9.17, 15) is 0 Å². The zero-order valence-electron chi connectivity index (χ0n) is 15.3. The molecule has 1 aromatic carbocycles. The fourth-order valence-electron chi connectivity index (χ4n) is 2.71. The Morgan fingerprint density at radius 3 is 2.73 bits per heavy atom. The van der Waals surface area contributed by atoms with Crippen molar-refractivity contribution in [3.05, 3.63) is 66.6 Å². The molecular formula is C21H26N4O. The van der Waals surface area contributed by atoms with Crippen molar-refractivity contribution >= 4 is 0 Å². The Labute approximate surface area is 155 Å². The molecule has 0 bridgehead atoms.